The predicted octanol–water partition coefficient (Wildman–Crippen LogP) is 4.11. The average Bonchev–Trinajstić information content (AvgIpc) is 3.43. The summed E-state index contributed by atoms with van der Waals surface area (Å²) in [5.41, 5.74) is 1.99. The van der Waals surface area contributed by atoms with Crippen LogP contribution < -0.4 is 4.90 Å². The fraction of sp³-hybridized carbons (Fsp3) is 0.286. The van der Waals surface area contributed by atoms with Crippen LogP contribution in [0.2, 0.25) is 0 Å². The minimum atomic E-state index is -4.67. The van der Waals surface area contributed by atoms with Crippen molar-refractivity contribution >= 4 is 11.6 Å². The molecule has 156 valence electrons. The maximum atomic E-state index is 12.6. The smallest absolute Gasteiger partial charge is 0.370 e. The second-order valence-electron chi connectivity index (χ2n) is 7.14. The first-order chi connectivity index (χ1) is 14.3. The molecule has 1 saturated heterocycles. The van der Waals surface area contributed by atoms with E-state index in [1.165, 1.54) is 0 Å². The van der Waals surface area contributed by atoms with Gasteiger partial charge in [-0.1, -0.05) is 23.4 Å². The number of amides is 1. The molecule has 9 heteroatoms. The van der Waals surface area contributed by atoms with Gasteiger partial charge in [-0.05, 0) is 42.8 Å². The Morgan fingerprint density at radius 2 is 1.83 bits per heavy atom. The summed E-state index contributed by atoms with van der Waals surface area (Å²) in [6, 6.07) is 16.2. The normalized spacial score (nSPS) is 16.7. The van der Waals surface area contributed by atoms with Crippen molar-refractivity contribution in [1.82, 2.24) is 15.0 Å². The molecule has 4 rings (SSSR count). The van der Waals surface area contributed by atoms with Crippen LogP contribution in [0, 0.1) is 0 Å². The van der Waals surface area contributed by atoms with E-state index in [0.717, 1.165) is 12.1 Å². The Bertz CT molecular complexity index is 1020. The first-order valence-corrected chi connectivity index (χ1v) is 9.41. The number of alkyl halides is 3. The molecular formula is C21H19F3N4O2. The molecule has 2 aromatic carbocycles. The van der Waals surface area contributed by atoms with E-state index >= 15 is 0 Å². The Labute approximate surface area is 170 Å². The third kappa shape index (κ3) is 4.00. The fourth-order valence-corrected chi connectivity index (χ4v) is 3.52. The van der Waals surface area contributed by atoms with Crippen molar-refractivity contribution in [3.63, 3.8) is 0 Å². The summed E-state index contributed by atoms with van der Waals surface area (Å²) in [5, 5.41) is 3.40. The van der Waals surface area contributed by atoms with Gasteiger partial charge in [-0.3, -0.25) is 4.79 Å². The van der Waals surface area contributed by atoms with E-state index in [1.807, 2.05) is 30.1 Å². The number of rotatable bonds is 4. The largest absolute Gasteiger partial charge is 0.471 e. The molecule has 0 unspecified atom stereocenters. The zero-order valence-electron chi connectivity index (χ0n) is 16.1. The highest BCUT2D eigenvalue weighted by Crippen LogP contribution is 2.30. The van der Waals surface area contributed by atoms with Crippen LogP contribution in [0.4, 0.5) is 18.9 Å². The third-order valence-corrected chi connectivity index (χ3v) is 5.22. The van der Waals surface area contributed by atoms with Crippen LogP contribution >= 0.6 is 0 Å². The van der Waals surface area contributed by atoms with E-state index in [4.69, 9.17) is 0 Å². The fourth-order valence-electron chi connectivity index (χ4n) is 3.52. The Morgan fingerprint density at radius 1 is 1.13 bits per heavy atom. The van der Waals surface area contributed by atoms with Crippen molar-refractivity contribution in [3.05, 3.63) is 66.1 Å². The quantitative estimate of drug-likeness (QED) is 0.641. The Hall–Kier alpha value is -3.36. The van der Waals surface area contributed by atoms with Gasteiger partial charge in [-0.25, -0.2) is 0 Å². The predicted molar refractivity (Wildman–Crippen MR) is 104 cm³/mol. The average molecular weight is 416 g/mol. The second kappa shape index (κ2) is 7.81. The lowest BCUT2D eigenvalue weighted by atomic mass is 10.1. The number of nitrogens with zero attached hydrogens (tertiary/aromatic N) is 4. The summed E-state index contributed by atoms with van der Waals surface area (Å²) in [4.78, 5) is 19.9. The van der Waals surface area contributed by atoms with E-state index in [0.29, 0.717) is 24.2 Å². The maximum absolute atomic E-state index is 12.6. The molecule has 0 saturated carbocycles. The molecule has 3 aromatic rings. The van der Waals surface area contributed by atoms with Crippen LogP contribution in [-0.2, 0) is 6.18 Å². The third-order valence-electron chi connectivity index (χ3n) is 5.22. The van der Waals surface area contributed by atoms with Crippen molar-refractivity contribution in [2.24, 2.45) is 0 Å². The molecule has 0 bridgehead atoms. The number of halogens is 3. The van der Waals surface area contributed by atoms with Gasteiger partial charge in [0.25, 0.3) is 5.91 Å². The van der Waals surface area contributed by atoms with Gasteiger partial charge in [0.05, 0.1) is 0 Å². The summed E-state index contributed by atoms with van der Waals surface area (Å²) in [6.45, 7) is 1.27. The molecule has 1 aliphatic rings. The van der Waals surface area contributed by atoms with Crippen molar-refractivity contribution in [1.29, 1.82) is 0 Å². The number of likely N-dealkylation sites (N-methyl/N-ethyl adjacent to an activating group) is 1. The number of hydrogen-bond donors (Lipinski definition) is 0. The van der Waals surface area contributed by atoms with Crippen LogP contribution in [0.25, 0.3) is 11.4 Å². The molecule has 1 fully saturated rings. The number of benzene rings is 2. The minimum absolute atomic E-state index is 0.0134. The molecule has 30 heavy (non-hydrogen) atoms. The summed E-state index contributed by atoms with van der Waals surface area (Å²) in [6.07, 6.45) is -3.84. The number of aromatic nitrogens is 2. The first kappa shape index (κ1) is 19.9. The highest BCUT2D eigenvalue weighted by molar-refractivity contribution is 5.94. The van der Waals surface area contributed by atoms with Crippen LogP contribution in [0.3, 0.4) is 0 Å². The minimum Gasteiger partial charge on any atom is -0.370 e. The van der Waals surface area contributed by atoms with Gasteiger partial charge >= 0.3 is 12.1 Å². The van der Waals surface area contributed by atoms with E-state index in [2.05, 4.69) is 19.6 Å². The lowest BCUT2D eigenvalue weighted by Gasteiger charge is -2.27. The highest BCUT2D eigenvalue weighted by atomic mass is 19.4. The summed E-state index contributed by atoms with van der Waals surface area (Å²) in [5.74, 6) is -1.47. The number of anilines is 1. The van der Waals surface area contributed by atoms with Crippen molar-refractivity contribution in [2.75, 3.05) is 25.0 Å². The van der Waals surface area contributed by atoms with Gasteiger partial charge in [-0.15, -0.1) is 0 Å². The van der Waals surface area contributed by atoms with Crippen molar-refractivity contribution in [3.8, 4) is 11.4 Å². The van der Waals surface area contributed by atoms with Gasteiger partial charge in [0.1, 0.15) is 0 Å². The van der Waals surface area contributed by atoms with Gasteiger partial charge in [0.15, 0.2) is 0 Å². The molecule has 0 N–H and O–H groups in total. The number of carbonyl (C=O) groups is 1. The lowest BCUT2D eigenvalue weighted by Crippen LogP contribution is -2.36. The zero-order chi connectivity index (χ0) is 21.3. The number of likely N-dealkylation sites (tertiary alicyclic amines) is 1. The van der Waals surface area contributed by atoms with Crippen LogP contribution in [-0.4, -0.2) is 47.1 Å². The standard InChI is InChI=1S/C21H19F3N4O2/c1-27(17-11-12-28(13-17)19(29)15-5-3-2-4-6-15)16-9-7-14(8-10-16)18-25-20(30-26-18)21(22,23)24/h2-10,17H,11-13H2,1H3/t17-/m0/s1. The molecule has 0 aliphatic carbocycles. The van der Waals surface area contributed by atoms with Gasteiger partial charge in [0.2, 0.25) is 5.82 Å². The Morgan fingerprint density at radius 3 is 2.47 bits per heavy atom. The van der Waals surface area contributed by atoms with Gasteiger partial charge in [-0.2, -0.15) is 18.2 Å². The molecular weight excluding hydrogens is 397 g/mol. The van der Waals surface area contributed by atoms with E-state index in [-0.39, 0.29) is 17.8 Å². The molecule has 1 aromatic heterocycles. The molecule has 6 nitrogen and oxygen atoms in total. The van der Waals surface area contributed by atoms with Crippen molar-refractivity contribution < 1.29 is 22.5 Å². The highest BCUT2D eigenvalue weighted by Gasteiger charge is 2.38. The summed E-state index contributed by atoms with van der Waals surface area (Å²) < 4.78 is 42.2. The van der Waals surface area contributed by atoms with Crippen LogP contribution in [0.1, 0.15) is 22.7 Å². The molecule has 1 aliphatic heterocycles. The van der Waals surface area contributed by atoms with Gasteiger partial charge < -0.3 is 14.3 Å². The Kier molecular flexibility index (Phi) is 5.19. The van der Waals surface area contributed by atoms with Crippen LogP contribution in [0.5, 0.6) is 0 Å². The molecule has 1 atom stereocenters. The van der Waals surface area contributed by atoms with E-state index in [1.54, 1.807) is 36.4 Å². The van der Waals surface area contributed by atoms with E-state index < -0.39 is 12.1 Å². The van der Waals surface area contributed by atoms with Crippen molar-refractivity contribution in [2.45, 2.75) is 18.6 Å². The monoisotopic (exact) mass is 416 g/mol. The van der Waals surface area contributed by atoms with Gasteiger partial charge in [0, 0.05) is 43.0 Å². The molecule has 1 amide bonds. The molecule has 0 radical (unpaired) electrons. The summed E-state index contributed by atoms with van der Waals surface area (Å²) >= 11 is 0. The Balaban J connectivity index is 1.42. The first-order valence-electron chi connectivity index (χ1n) is 9.41. The SMILES string of the molecule is CN(c1ccc(-c2noc(C(F)(F)F)n2)cc1)[C@H]1CCN(C(=O)c2ccccc2)C1. The molecule has 2 heterocycles. The lowest BCUT2D eigenvalue weighted by molar-refractivity contribution is -0.159. The maximum Gasteiger partial charge on any atom is 0.471 e. The number of carbonyl (C=O) groups excluding carboxylic acids is 1. The number of hydrogen-bond acceptors (Lipinski definition) is 5. The van der Waals surface area contributed by atoms with Crippen LogP contribution in [0.15, 0.2) is 59.1 Å². The summed E-state index contributed by atoms with van der Waals surface area (Å²) in [7, 11) is 1.94. The zero-order valence-corrected chi connectivity index (χ0v) is 16.1. The van der Waals surface area contributed by atoms with E-state index in [9.17, 15) is 18.0 Å². The topological polar surface area (TPSA) is 62.5 Å². The second-order valence-corrected chi connectivity index (χ2v) is 7.14. The molecule has 0 spiro atoms.